The lowest BCUT2D eigenvalue weighted by Crippen LogP contribution is -2.40. The first-order chi connectivity index (χ1) is 16.1. The van der Waals surface area contributed by atoms with Crippen LogP contribution in [0.2, 0.25) is 0 Å². The molecule has 0 spiro atoms. The fourth-order valence-corrected chi connectivity index (χ4v) is 4.51. The number of methoxy groups -OCH3 is 2. The van der Waals surface area contributed by atoms with Crippen LogP contribution in [0, 0.1) is 6.92 Å². The average Bonchev–Trinajstić information content (AvgIpc) is 3.54. The van der Waals surface area contributed by atoms with E-state index >= 15 is 0 Å². The van der Waals surface area contributed by atoms with Gasteiger partial charge in [-0.2, -0.15) is 0 Å². The zero-order valence-corrected chi connectivity index (χ0v) is 19.9. The van der Waals surface area contributed by atoms with Crippen LogP contribution in [0.5, 0.6) is 17.2 Å². The van der Waals surface area contributed by atoms with E-state index in [2.05, 4.69) is 0 Å². The normalized spacial score (nSPS) is 15.3. The quantitative estimate of drug-likeness (QED) is 0.452. The Labute approximate surface area is 197 Å². The minimum atomic E-state index is -0.162. The van der Waals surface area contributed by atoms with Crippen molar-refractivity contribution in [3.63, 3.8) is 0 Å². The van der Waals surface area contributed by atoms with Crippen LogP contribution in [0.15, 0.2) is 47.8 Å². The van der Waals surface area contributed by atoms with E-state index in [0.29, 0.717) is 28.9 Å². The third kappa shape index (κ3) is 5.64. The number of benzene rings is 2. The van der Waals surface area contributed by atoms with Crippen LogP contribution in [0.1, 0.15) is 18.4 Å². The van der Waals surface area contributed by atoms with E-state index in [1.165, 1.54) is 11.3 Å². The van der Waals surface area contributed by atoms with Crippen LogP contribution in [0.25, 0.3) is 11.3 Å². The van der Waals surface area contributed by atoms with E-state index in [1.807, 2.05) is 54.8 Å². The predicted molar refractivity (Wildman–Crippen MR) is 129 cm³/mol. The van der Waals surface area contributed by atoms with E-state index in [1.54, 1.807) is 19.1 Å². The Bertz CT molecular complexity index is 1080. The molecule has 0 aliphatic carbocycles. The molecule has 1 amide bonds. The van der Waals surface area contributed by atoms with Gasteiger partial charge in [-0.05, 0) is 50.1 Å². The summed E-state index contributed by atoms with van der Waals surface area (Å²) >= 11 is 1.41. The molecule has 7 nitrogen and oxygen atoms in total. The number of anilines is 1. The lowest BCUT2D eigenvalue weighted by molar-refractivity contribution is -0.120. The van der Waals surface area contributed by atoms with Crippen molar-refractivity contribution < 1.29 is 23.7 Å². The number of hydrogen-bond acceptors (Lipinski definition) is 7. The van der Waals surface area contributed by atoms with Crippen LogP contribution in [0.3, 0.4) is 0 Å². The van der Waals surface area contributed by atoms with Gasteiger partial charge in [0, 0.05) is 17.6 Å². The van der Waals surface area contributed by atoms with Crippen molar-refractivity contribution in [2.24, 2.45) is 0 Å². The number of carbonyl (C=O) groups excluding carboxylic acids is 1. The highest BCUT2D eigenvalue weighted by molar-refractivity contribution is 7.14. The molecule has 8 heteroatoms. The number of hydrogen-bond donors (Lipinski definition) is 0. The van der Waals surface area contributed by atoms with Gasteiger partial charge in [0.25, 0.3) is 5.91 Å². The predicted octanol–water partition coefficient (Wildman–Crippen LogP) is 4.73. The summed E-state index contributed by atoms with van der Waals surface area (Å²) in [5.41, 5.74) is 2.66. The molecule has 0 N–H and O–H groups in total. The van der Waals surface area contributed by atoms with Crippen molar-refractivity contribution >= 4 is 22.4 Å². The van der Waals surface area contributed by atoms with E-state index in [0.717, 1.165) is 36.3 Å². The maximum absolute atomic E-state index is 13.2. The second kappa shape index (κ2) is 10.7. The summed E-state index contributed by atoms with van der Waals surface area (Å²) in [6.07, 6.45) is 1.91. The molecule has 1 atom stereocenters. The minimum absolute atomic E-state index is 0.00738. The monoisotopic (exact) mass is 468 g/mol. The third-order valence-corrected chi connectivity index (χ3v) is 6.36. The highest BCUT2D eigenvalue weighted by atomic mass is 32.1. The van der Waals surface area contributed by atoms with Gasteiger partial charge in [-0.1, -0.05) is 17.7 Å². The zero-order valence-electron chi connectivity index (χ0n) is 19.1. The summed E-state index contributed by atoms with van der Waals surface area (Å²) in [5, 5.41) is 2.52. The number of aryl methyl sites for hydroxylation is 1. The molecule has 33 heavy (non-hydrogen) atoms. The fourth-order valence-electron chi connectivity index (χ4n) is 3.66. The SMILES string of the molecule is COc1ccc(OC)c(-c2csc(N(CC3CCCO3)C(=O)COc3ccc(C)cc3)n2)c1. The van der Waals surface area contributed by atoms with Crippen LogP contribution in [-0.4, -0.2) is 51.0 Å². The molecule has 1 aromatic heterocycles. The zero-order chi connectivity index (χ0) is 23.2. The van der Waals surface area contributed by atoms with Gasteiger partial charge in [0.15, 0.2) is 11.7 Å². The van der Waals surface area contributed by atoms with Crippen molar-refractivity contribution in [3.8, 4) is 28.5 Å². The summed E-state index contributed by atoms with van der Waals surface area (Å²) in [7, 11) is 3.24. The van der Waals surface area contributed by atoms with Crippen molar-refractivity contribution in [3.05, 3.63) is 53.4 Å². The van der Waals surface area contributed by atoms with E-state index < -0.39 is 0 Å². The first kappa shape index (κ1) is 23.1. The summed E-state index contributed by atoms with van der Waals surface area (Å²) in [6.45, 7) is 3.10. The molecule has 1 aliphatic heterocycles. The van der Waals surface area contributed by atoms with Gasteiger partial charge in [-0.25, -0.2) is 4.98 Å². The van der Waals surface area contributed by atoms with Crippen molar-refractivity contribution in [1.82, 2.24) is 4.98 Å². The van der Waals surface area contributed by atoms with Crippen molar-refractivity contribution in [1.29, 1.82) is 0 Å². The maximum atomic E-state index is 13.2. The highest BCUT2D eigenvalue weighted by Gasteiger charge is 2.27. The second-order valence-electron chi connectivity index (χ2n) is 7.82. The average molecular weight is 469 g/mol. The number of amides is 1. The van der Waals surface area contributed by atoms with Gasteiger partial charge in [-0.15, -0.1) is 11.3 Å². The van der Waals surface area contributed by atoms with Crippen LogP contribution >= 0.6 is 11.3 Å². The summed E-state index contributed by atoms with van der Waals surface area (Å²) in [4.78, 5) is 19.7. The Balaban J connectivity index is 1.56. The van der Waals surface area contributed by atoms with E-state index in [9.17, 15) is 4.79 Å². The van der Waals surface area contributed by atoms with Gasteiger partial charge in [0.2, 0.25) is 0 Å². The standard InChI is InChI=1S/C25H28N2O5S/c1-17-6-8-18(9-7-17)32-15-24(28)27(14-20-5-4-12-31-20)25-26-22(16-33-25)21-13-19(29-2)10-11-23(21)30-3/h6-11,13,16,20H,4-5,12,14-15H2,1-3H3. The number of carbonyl (C=O) groups is 1. The van der Waals surface area contributed by atoms with E-state index in [-0.39, 0.29) is 18.6 Å². The van der Waals surface area contributed by atoms with Crippen LogP contribution < -0.4 is 19.1 Å². The largest absolute Gasteiger partial charge is 0.497 e. The molecule has 4 rings (SSSR count). The number of nitrogens with zero attached hydrogens (tertiary/aromatic N) is 2. The lowest BCUT2D eigenvalue weighted by atomic mass is 10.1. The molecule has 2 heterocycles. The minimum Gasteiger partial charge on any atom is -0.497 e. The smallest absolute Gasteiger partial charge is 0.266 e. The van der Waals surface area contributed by atoms with Crippen molar-refractivity contribution in [2.75, 3.05) is 38.9 Å². The Kier molecular flexibility index (Phi) is 7.47. The molecule has 1 unspecified atom stereocenters. The molecule has 0 saturated carbocycles. The van der Waals surface area contributed by atoms with E-state index in [4.69, 9.17) is 23.9 Å². The van der Waals surface area contributed by atoms with Gasteiger partial charge < -0.3 is 18.9 Å². The molecule has 0 bridgehead atoms. The van der Waals surface area contributed by atoms with Gasteiger partial charge in [0.05, 0.1) is 32.6 Å². The number of thiazole rings is 1. The van der Waals surface area contributed by atoms with Gasteiger partial charge >= 0.3 is 0 Å². The topological polar surface area (TPSA) is 70.1 Å². The summed E-state index contributed by atoms with van der Waals surface area (Å²) < 4.78 is 22.4. The number of aromatic nitrogens is 1. The first-order valence-electron chi connectivity index (χ1n) is 10.9. The molecule has 3 aromatic rings. The summed E-state index contributed by atoms with van der Waals surface area (Å²) in [5.74, 6) is 1.89. The molecule has 1 fully saturated rings. The third-order valence-electron chi connectivity index (χ3n) is 5.50. The number of ether oxygens (including phenoxy) is 4. The molecule has 2 aromatic carbocycles. The van der Waals surface area contributed by atoms with Crippen molar-refractivity contribution in [2.45, 2.75) is 25.9 Å². The van der Waals surface area contributed by atoms with Gasteiger partial charge in [0.1, 0.15) is 17.2 Å². The molecule has 174 valence electrons. The molecular weight excluding hydrogens is 440 g/mol. The Morgan fingerprint density at radius 2 is 1.94 bits per heavy atom. The molecular formula is C25H28N2O5S. The van der Waals surface area contributed by atoms with Crippen LogP contribution in [-0.2, 0) is 9.53 Å². The van der Waals surface area contributed by atoms with Crippen LogP contribution in [0.4, 0.5) is 5.13 Å². The Morgan fingerprint density at radius 1 is 1.15 bits per heavy atom. The molecule has 1 aliphatic rings. The fraction of sp³-hybridized carbons (Fsp3) is 0.360. The molecule has 0 radical (unpaired) electrons. The second-order valence-corrected chi connectivity index (χ2v) is 8.66. The number of rotatable bonds is 9. The Hall–Kier alpha value is -3.10. The lowest BCUT2D eigenvalue weighted by Gasteiger charge is -2.23. The summed E-state index contributed by atoms with van der Waals surface area (Å²) in [6, 6.07) is 13.2. The highest BCUT2D eigenvalue weighted by Crippen LogP contribution is 2.36. The molecule has 1 saturated heterocycles. The Morgan fingerprint density at radius 3 is 2.64 bits per heavy atom. The first-order valence-corrected chi connectivity index (χ1v) is 11.7. The van der Waals surface area contributed by atoms with Gasteiger partial charge in [-0.3, -0.25) is 9.69 Å². The maximum Gasteiger partial charge on any atom is 0.266 e.